The molecule has 2 rings (SSSR count). The van der Waals surface area contributed by atoms with Gasteiger partial charge in [0, 0.05) is 29.4 Å². The SMILES string of the molecule is CCCC(=O)Nc1ccc(NCCc2cccc(Cl)c2)cc1. The lowest BCUT2D eigenvalue weighted by Gasteiger charge is -2.09. The van der Waals surface area contributed by atoms with Crippen molar-refractivity contribution in [2.75, 3.05) is 17.2 Å². The number of anilines is 2. The molecule has 0 aliphatic rings. The van der Waals surface area contributed by atoms with Gasteiger partial charge in [0.2, 0.25) is 5.91 Å². The minimum absolute atomic E-state index is 0.0594. The Morgan fingerprint density at radius 3 is 2.50 bits per heavy atom. The zero-order chi connectivity index (χ0) is 15.8. The van der Waals surface area contributed by atoms with Crippen molar-refractivity contribution in [2.45, 2.75) is 26.2 Å². The van der Waals surface area contributed by atoms with Crippen LogP contribution in [0.4, 0.5) is 11.4 Å². The Bertz CT molecular complexity index is 611. The first kappa shape index (κ1) is 16.4. The van der Waals surface area contributed by atoms with E-state index >= 15 is 0 Å². The summed E-state index contributed by atoms with van der Waals surface area (Å²) in [4.78, 5) is 11.5. The van der Waals surface area contributed by atoms with Crippen LogP contribution in [0.5, 0.6) is 0 Å². The normalized spacial score (nSPS) is 10.3. The number of hydrogen-bond donors (Lipinski definition) is 2. The molecule has 0 atom stereocenters. The zero-order valence-electron chi connectivity index (χ0n) is 12.7. The van der Waals surface area contributed by atoms with Gasteiger partial charge in [-0.3, -0.25) is 4.79 Å². The summed E-state index contributed by atoms with van der Waals surface area (Å²) in [5.41, 5.74) is 3.08. The van der Waals surface area contributed by atoms with E-state index in [1.165, 1.54) is 5.56 Å². The predicted molar refractivity (Wildman–Crippen MR) is 93.6 cm³/mol. The topological polar surface area (TPSA) is 41.1 Å². The van der Waals surface area contributed by atoms with E-state index < -0.39 is 0 Å². The number of carbonyl (C=O) groups excluding carboxylic acids is 1. The Labute approximate surface area is 136 Å². The molecule has 2 aromatic rings. The number of benzene rings is 2. The molecule has 0 fully saturated rings. The van der Waals surface area contributed by atoms with E-state index in [4.69, 9.17) is 11.6 Å². The second-order valence-electron chi connectivity index (χ2n) is 5.18. The van der Waals surface area contributed by atoms with Crippen LogP contribution >= 0.6 is 11.6 Å². The molecule has 116 valence electrons. The largest absolute Gasteiger partial charge is 0.385 e. The standard InChI is InChI=1S/C18H21ClN2O/c1-2-4-18(22)21-17-9-7-16(8-10-17)20-12-11-14-5-3-6-15(19)13-14/h3,5-10,13,20H,2,4,11-12H2,1H3,(H,21,22). The summed E-state index contributed by atoms with van der Waals surface area (Å²) in [6, 6.07) is 15.7. The highest BCUT2D eigenvalue weighted by Gasteiger charge is 2.00. The Morgan fingerprint density at radius 1 is 1.09 bits per heavy atom. The second kappa shape index (κ2) is 8.44. The van der Waals surface area contributed by atoms with Gasteiger partial charge in [-0.2, -0.15) is 0 Å². The van der Waals surface area contributed by atoms with Crippen molar-refractivity contribution >= 4 is 28.9 Å². The number of hydrogen-bond acceptors (Lipinski definition) is 2. The lowest BCUT2D eigenvalue weighted by Crippen LogP contribution is -2.10. The number of halogens is 1. The van der Waals surface area contributed by atoms with Gasteiger partial charge in [-0.15, -0.1) is 0 Å². The number of rotatable bonds is 7. The van der Waals surface area contributed by atoms with Gasteiger partial charge in [0.05, 0.1) is 0 Å². The van der Waals surface area contributed by atoms with E-state index in [0.29, 0.717) is 6.42 Å². The van der Waals surface area contributed by atoms with E-state index in [9.17, 15) is 4.79 Å². The third-order valence-corrected chi connectivity index (χ3v) is 3.51. The van der Waals surface area contributed by atoms with E-state index in [2.05, 4.69) is 16.7 Å². The molecule has 1 amide bonds. The van der Waals surface area contributed by atoms with Crippen LogP contribution in [-0.2, 0) is 11.2 Å². The Morgan fingerprint density at radius 2 is 1.82 bits per heavy atom. The molecular formula is C18H21ClN2O. The van der Waals surface area contributed by atoms with E-state index in [1.54, 1.807) is 0 Å². The summed E-state index contributed by atoms with van der Waals surface area (Å²) >= 11 is 5.97. The summed E-state index contributed by atoms with van der Waals surface area (Å²) in [6.45, 7) is 2.83. The Balaban J connectivity index is 1.80. The molecule has 2 aromatic carbocycles. The maximum atomic E-state index is 11.5. The van der Waals surface area contributed by atoms with Crippen molar-refractivity contribution in [3.63, 3.8) is 0 Å². The monoisotopic (exact) mass is 316 g/mol. The van der Waals surface area contributed by atoms with Crippen molar-refractivity contribution in [3.05, 3.63) is 59.1 Å². The summed E-state index contributed by atoms with van der Waals surface area (Å²) in [5, 5.41) is 7.01. The van der Waals surface area contributed by atoms with Crippen molar-refractivity contribution in [1.29, 1.82) is 0 Å². The van der Waals surface area contributed by atoms with Crippen LogP contribution in [0.2, 0.25) is 5.02 Å². The molecule has 0 aliphatic carbocycles. The molecule has 0 spiro atoms. The molecule has 0 heterocycles. The van der Waals surface area contributed by atoms with Crippen LogP contribution < -0.4 is 10.6 Å². The number of amides is 1. The van der Waals surface area contributed by atoms with Gasteiger partial charge in [0.15, 0.2) is 0 Å². The van der Waals surface area contributed by atoms with Crippen LogP contribution in [0.1, 0.15) is 25.3 Å². The van der Waals surface area contributed by atoms with Gasteiger partial charge in [0.25, 0.3) is 0 Å². The minimum Gasteiger partial charge on any atom is -0.385 e. The van der Waals surface area contributed by atoms with E-state index in [0.717, 1.165) is 35.8 Å². The average Bonchev–Trinajstić information content (AvgIpc) is 2.49. The molecule has 0 aromatic heterocycles. The minimum atomic E-state index is 0.0594. The van der Waals surface area contributed by atoms with Crippen LogP contribution in [0, 0.1) is 0 Å². The van der Waals surface area contributed by atoms with Gasteiger partial charge >= 0.3 is 0 Å². The quantitative estimate of drug-likeness (QED) is 0.775. The number of carbonyl (C=O) groups is 1. The maximum Gasteiger partial charge on any atom is 0.224 e. The lowest BCUT2D eigenvalue weighted by atomic mass is 10.1. The average molecular weight is 317 g/mol. The third kappa shape index (κ3) is 5.41. The lowest BCUT2D eigenvalue weighted by molar-refractivity contribution is -0.116. The molecular weight excluding hydrogens is 296 g/mol. The highest BCUT2D eigenvalue weighted by Crippen LogP contribution is 2.15. The summed E-state index contributed by atoms with van der Waals surface area (Å²) < 4.78 is 0. The highest BCUT2D eigenvalue weighted by molar-refractivity contribution is 6.30. The van der Waals surface area contributed by atoms with Crippen LogP contribution in [0.3, 0.4) is 0 Å². The Hall–Kier alpha value is -2.00. The van der Waals surface area contributed by atoms with Crippen LogP contribution in [-0.4, -0.2) is 12.5 Å². The first-order chi connectivity index (χ1) is 10.7. The fourth-order valence-electron chi connectivity index (χ4n) is 2.17. The van der Waals surface area contributed by atoms with Crippen molar-refractivity contribution in [1.82, 2.24) is 0 Å². The molecule has 0 bridgehead atoms. The summed E-state index contributed by atoms with van der Waals surface area (Å²) in [7, 11) is 0. The van der Waals surface area contributed by atoms with Crippen molar-refractivity contribution < 1.29 is 4.79 Å². The first-order valence-electron chi connectivity index (χ1n) is 7.55. The summed E-state index contributed by atoms with van der Waals surface area (Å²) in [5.74, 6) is 0.0594. The van der Waals surface area contributed by atoms with Crippen LogP contribution in [0.25, 0.3) is 0 Å². The molecule has 3 nitrogen and oxygen atoms in total. The summed E-state index contributed by atoms with van der Waals surface area (Å²) in [6.07, 6.45) is 2.32. The van der Waals surface area contributed by atoms with Gasteiger partial charge in [0.1, 0.15) is 0 Å². The molecule has 0 unspecified atom stereocenters. The molecule has 4 heteroatoms. The van der Waals surface area contributed by atoms with Crippen molar-refractivity contribution in [3.8, 4) is 0 Å². The second-order valence-corrected chi connectivity index (χ2v) is 5.62. The van der Waals surface area contributed by atoms with Gasteiger partial charge in [-0.1, -0.05) is 30.7 Å². The van der Waals surface area contributed by atoms with E-state index in [-0.39, 0.29) is 5.91 Å². The molecule has 0 saturated carbocycles. The first-order valence-corrected chi connectivity index (χ1v) is 7.93. The molecule has 0 aliphatic heterocycles. The fourth-order valence-corrected chi connectivity index (χ4v) is 2.38. The van der Waals surface area contributed by atoms with Crippen LogP contribution in [0.15, 0.2) is 48.5 Å². The van der Waals surface area contributed by atoms with Gasteiger partial charge in [-0.05, 0) is 54.8 Å². The van der Waals surface area contributed by atoms with Gasteiger partial charge < -0.3 is 10.6 Å². The van der Waals surface area contributed by atoms with Gasteiger partial charge in [-0.25, -0.2) is 0 Å². The third-order valence-electron chi connectivity index (χ3n) is 3.28. The molecule has 22 heavy (non-hydrogen) atoms. The molecule has 0 radical (unpaired) electrons. The smallest absolute Gasteiger partial charge is 0.224 e. The fraction of sp³-hybridized carbons (Fsp3) is 0.278. The highest BCUT2D eigenvalue weighted by atomic mass is 35.5. The zero-order valence-corrected chi connectivity index (χ0v) is 13.5. The molecule has 2 N–H and O–H groups in total. The Kier molecular flexibility index (Phi) is 6.28. The predicted octanol–water partition coefficient (Wildman–Crippen LogP) is 4.73. The maximum absolute atomic E-state index is 11.5. The molecule has 0 saturated heterocycles. The van der Waals surface area contributed by atoms with E-state index in [1.807, 2.05) is 49.4 Å². The van der Waals surface area contributed by atoms with Crippen molar-refractivity contribution in [2.24, 2.45) is 0 Å². The number of nitrogens with one attached hydrogen (secondary N) is 2.